The van der Waals surface area contributed by atoms with E-state index in [9.17, 15) is 14.7 Å². The number of hydrogen-bond acceptors (Lipinski definition) is 6. The molecule has 0 bridgehead atoms. The number of carbonyl (C=O) groups excluding carboxylic acids is 2. The Hall–Kier alpha value is -3.78. The van der Waals surface area contributed by atoms with E-state index >= 15 is 0 Å². The molecule has 0 aliphatic heterocycles. The normalized spacial score (nSPS) is 11.4. The van der Waals surface area contributed by atoms with Gasteiger partial charge in [-0.1, -0.05) is 0 Å². The number of amides is 2. The Balaban J connectivity index is 1.38. The monoisotopic (exact) mass is 424 g/mol. The van der Waals surface area contributed by atoms with Crippen LogP contribution in [0.15, 0.2) is 59.0 Å². The van der Waals surface area contributed by atoms with Crippen molar-refractivity contribution in [2.45, 2.75) is 19.8 Å². The van der Waals surface area contributed by atoms with Crippen LogP contribution in [0.3, 0.4) is 0 Å². The maximum Gasteiger partial charge on any atom is 0.274 e. The van der Waals surface area contributed by atoms with Gasteiger partial charge in [0.15, 0.2) is 0 Å². The van der Waals surface area contributed by atoms with Crippen molar-refractivity contribution in [2.24, 2.45) is 0 Å². The lowest BCUT2D eigenvalue weighted by molar-refractivity contribution is -0.116. The van der Waals surface area contributed by atoms with Gasteiger partial charge in [0.1, 0.15) is 22.8 Å². The smallest absolute Gasteiger partial charge is 0.274 e. The molecule has 0 atom stereocenters. The lowest BCUT2D eigenvalue weighted by Crippen LogP contribution is -2.22. The predicted octanol–water partition coefficient (Wildman–Crippen LogP) is 3.64. The topological polar surface area (TPSA) is 121 Å². The summed E-state index contributed by atoms with van der Waals surface area (Å²) in [6.45, 7) is 2.78. The second-order valence-corrected chi connectivity index (χ2v) is 6.97. The highest BCUT2D eigenvalue weighted by atomic mass is 16.5. The minimum absolute atomic E-state index is 0.161. The molecule has 31 heavy (non-hydrogen) atoms. The van der Waals surface area contributed by atoms with Crippen molar-refractivity contribution >= 4 is 28.4 Å². The molecule has 4 N–H and O–H groups in total. The zero-order chi connectivity index (χ0) is 22.2. The maximum absolute atomic E-state index is 12.1. The van der Waals surface area contributed by atoms with Gasteiger partial charge in [0, 0.05) is 23.6 Å². The number of rotatable bonds is 9. The van der Waals surface area contributed by atoms with Gasteiger partial charge < -0.3 is 19.6 Å². The number of phenols is 1. The molecular weight excluding hydrogens is 400 g/mol. The molecule has 1 heterocycles. The molecule has 0 saturated heterocycles. The largest absolute Gasteiger partial charge is 0.508 e. The van der Waals surface area contributed by atoms with Crippen molar-refractivity contribution in [3.8, 4) is 11.5 Å². The lowest BCUT2D eigenvalue weighted by atomic mass is 10.2. The number of unbranched alkanes of at least 4 members (excludes halogenated alkanes) is 1. The van der Waals surface area contributed by atoms with Gasteiger partial charge in [-0.3, -0.25) is 14.8 Å². The van der Waals surface area contributed by atoms with E-state index in [1.165, 1.54) is 6.08 Å². The molecule has 0 aliphatic rings. The van der Waals surface area contributed by atoms with Gasteiger partial charge in [-0.15, -0.1) is 0 Å². The number of fused-ring (bicyclic) bond motifs is 1. The third-order valence-electron chi connectivity index (χ3n) is 4.59. The Morgan fingerprint density at radius 2 is 1.87 bits per heavy atom. The van der Waals surface area contributed by atoms with Crippen LogP contribution in [0.5, 0.6) is 11.5 Å². The third kappa shape index (κ3) is 6.10. The van der Waals surface area contributed by atoms with E-state index in [-0.39, 0.29) is 11.7 Å². The van der Waals surface area contributed by atoms with Crippen LogP contribution in [-0.4, -0.2) is 35.3 Å². The minimum atomic E-state index is -0.578. The average molecular weight is 424 g/mol. The second-order valence-electron chi connectivity index (χ2n) is 6.97. The highest BCUT2D eigenvalue weighted by Gasteiger charge is 2.08. The maximum atomic E-state index is 12.1. The molecule has 2 amide bonds. The van der Waals surface area contributed by atoms with Gasteiger partial charge in [0.25, 0.3) is 5.91 Å². The van der Waals surface area contributed by atoms with Crippen molar-refractivity contribution in [3.63, 3.8) is 0 Å². The summed E-state index contributed by atoms with van der Waals surface area (Å²) in [5.74, 6) is 0.572. The SMILES string of the molecule is C/C(=C/C(=O)NCCCCOc1ccc(C(=O)NO)cc1)c1cc2cc(O)ccc2o1. The Kier molecular flexibility index (Phi) is 7.29. The highest BCUT2D eigenvalue weighted by Crippen LogP contribution is 2.27. The van der Waals surface area contributed by atoms with Crippen LogP contribution in [0.4, 0.5) is 0 Å². The van der Waals surface area contributed by atoms with E-state index in [0.717, 1.165) is 18.2 Å². The Morgan fingerprint density at radius 3 is 2.61 bits per heavy atom. The van der Waals surface area contributed by atoms with Crippen LogP contribution >= 0.6 is 0 Å². The Morgan fingerprint density at radius 1 is 1.10 bits per heavy atom. The van der Waals surface area contributed by atoms with Gasteiger partial charge in [-0.05, 0) is 73.9 Å². The summed E-state index contributed by atoms with van der Waals surface area (Å²) >= 11 is 0. The van der Waals surface area contributed by atoms with Crippen molar-refractivity contribution in [1.82, 2.24) is 10.8 Å². The zero-order valence-corrected chi connectivity index (χ0v) is 17.1. The number of hydroxylamine groups is 1. The van der Waals surface area contributed by atoms with Gasteiger partial charge in [-0.25, -0.2) is 5.48 Å². The fourth-order valence-corrected chi connectivity index (χ4v) is 2.94. The number of allylic oxidation sites excluding steroid dienone is 1. The van der Waals surface area contributed by atoms with Gasteiger partial charge in [-0.2, -0.15) is 0 Å². The number of furan rings is 1. The summed E-state index contributed by atoms with van der Waals surface area (Å²) in [4.78, 5) is 23.4. The van der Waals surface area contributed by atoms with Crippen molar-refractivity contribution < 1.29 is 29.1 Å². The van der Waals surface area contributed by atoms with Crippen LogP contribution < -0.4 is 15.5 Å². The number of benzene rings is 2. The molecule has 8 heteroatoms. The quantitative estimate of drug-likeness (QED) is 0.180. The number of ether oxygens (including phenoxy) is 1. The number of aromatic hydroxyl groups is 1. The first-order valence-electron chi connectivity index (χ1n) is 9.82. The summed E-state index contributed by atoms with van der Waals surface area (Å²) < 4.78 is 11.3. The molecule has 0 radical (unpaired) electrons. The fraction of sp³-hybridized carbons (Fsp3) is 0.217. The first-order valence-corrected chi connectivity index (χ1v) is 9.82. The molecule has 3 rings (SSSR count). The molecule has 0 spiro atoms. The Labute approximate surface area is 179 Å². The number of nitrogens with one attached hydrogen (secondary N) is 2. The van der Waals surface area contributed by atoms with Crippen molar-refractivity contribution in [3.05, 3.63) is 65.9 Å². The van der Waals surface area contributed by atoms with E-state index in [0.29, 0.717) is 41.4 Å². The van der Waals surface area contributed by atoms with Gasteiger partial charge >= 0.3 is 0 Å². The van der Waals surface area contributed by atoms with E-state index in [4.69, 9.17) is 14.4 Å². The van der Waals surface area contributed by atoms with E-state index in [2.05, 4.69) is 5.32 Å². The number of phenolic OH excluding ortho intramolecular Hbond substituents is 1. The van der Waals surface area contributed by atoms with Gasteiger partial charge in [0.2, 0.25) is 5.91 Å². The molecule has 162 valence electrons. The van der Waals surface area contributed by atoms with Crippen LogP contribution in [-0.2, 0) is 4.79 Å². The van der Waals surface area contributed by atoms with E-state index in [1.54, 1.807) is 60.9 Å². The van der Waals surface area contributed by atoms with Crippen LogP contribution in [0, 0.1) is 0 Å². The van der Waals surface area contributed by atoms with Crippen molar-refractivity contribution in [1.29, 1.82) is 0 Å². The molecular formula is C23H24N2O6. The van der Waals surface area contributed by atoms with Crippen LogP contribution in [0.1, 0.15) is 35.9 Å². The summed E-state index contributed by atoms with van der Waals surface area (Å²) in [5, 5.41) is 21.7. The standard InChI is InChI=1S/C23H24N2O6/c1-15(21-14-17-13-18(26)6-9-20(17)31-21)12-22(27)24-10-2-3-11-30-19-7-4-16(5-8-19)23(28)25-29/h4-9,12-14,26,29H,2-3,10-11H2,1H3,(H,24,27)(H,25,28)/b15-12-. The molecule has 0 fully saturated rings. The summed E-state index contributed by atoms with van der Waals surface area (Å²) in [7, 11) is 0. The number of hydrogen-bond donors (Lipinski definition) is 4. The first-order chi connectivity index (χ1) is 15.0. The molecule has 8 nitrogen and oxygen atoms in total. The van der Waals surface area contributed by atoms with Crippen molar-refractivity contribution in [2.75, 3.05) is 13.2 Å². The second kappa shape index (κ2) is 10.3. The fourth-order valence-electron chi connectivity index (χ4n) is 2.94. The average Bonchev–Trinajstić information content (AvgIpc) is 3.19. The van der Waals surface area contributed by atoms with Gasteiger partial charge in [0.05, 0.1) is 6.61 Å². The van der Waals surface area contributed by atoms with Crippen LogP contribution in [0.2, 0.25) is 0 Å². The minimum Gasteiger partial charge on any atom is -0.508 e. The van der Waals surface area contributed by atoms with Crippen LogP contribution in [0.25, 0.3) is 16.5 Å². The molecule has 0 saturated carbocycles. The van der Waals surface area contributed by atoms with E-state index < -0.39 is 5.91 Å². The third-order valence-corrected chi connectivity index (χ3v) is 4.59. The molecule has 1 aromatic heterocycles. The van der Waals surface area contributed by atoms with E-state index in [1.807, 2.05) is 0 Å². The summed E-state index contributed by atoms with van der Waals surface area (Å²) in [6, 6.07) is 13.0. The lowest BCUT2D eigenvalue weighted by Gasteiger charge is -2.07. The zero-order valence-electron chi connectivity index (χ0n) is 17.1. The predicted molar refractivity (Wildman–Crippen MR) is 115 cm³/mol. The highest BCUT2D eigenvalue weighted by molar-refractivity contribution is 5.95. The summed E-state index contributed by atoms with van der Waals surface area (Å²) in [6.07, 6.45) is 2.97. The molecule has 2 aromatic carbocycles. The Bertz CT molecular complexity index is 1090. The molecule has 0 aliphatic carbocycles. The summed E-state index contributed by atoms with van der Waals surface area (Å²) in [5.41, 5.74) is 3.24. The molecule has 3 aromatic rings. The number of carbonyl (C=O) groups is 2. The first kappa shape index (κ1) is 21.9. The molecule has 0 unspecified atom stereocenters.